The van der Waals surface area contributed by atoms with E-state index in [0.29, 0.717) is 23.1 Å². The SMILES string of the molecule is COc1nccnc1-c1ccc(C(=O)N[C@H](c2nccn2C)C2CC2)cc1. The largest absolute Gasteiger partial charge is 0.479 e. The molecule has 1 amide bonds. The number of ether oxygens (including phenoxy) is 1. The van der Waals surface area contributed by atoms with Crippen LogP contribution in [0.4, 0.5) is 0 Å². The van der Waals surface area contributed by atoms with Crippen LogP contribution in [-0.2, 0) is 7.05 Å². The van der Waals surface area contributed by atoms with E-state index in [4.69, 9.17) is 4.74 Å². The first-order valence-corrected chi connectivity index (χ1v) is 8.91. The Hall–Kier alpha value is -3.22. The van der Waals surface area contributed by atoms with Crippen molar-refractivity contribution in [3.63, 3.8) is 0 Å². The van der Waals surface area contributed by atoms with Gasteiger partial charge in [0, 0.05) is 43.0 Å². The zero-order valence-corrected chi connectivity index (χ0v) is 15.3. The van der Waals surface area contributed by atoms with E-state index >= 15 is 0 Å². The number of aromatic nitrogens is 4. The van der Waals surface area contributed by atoms with Crippen LogP contribution in [0.15, 0.2) is 49.1 Å². The highest BCUT2D eigenvalue weighted by Crippen LogP contribution is 2.40. The van der Waals surface area contributed by atoms with Crippen LogP contribution in [0, 0.1) is 5.92 Å². The fourth-order valence-corrected chi connectivity index (χ4v) is 3.18. The summed E-state index contributed by atoms with van der Waals surface area (Å²) in [4.78, 5) is 25.7. The highest BCUT2D eigenvalue weighted by Gasteiger charge is 2.35. The highest BCUT2D eigenvalue weighted by molar-refractivity contribution is 5.95. The lowest BCUT2D eigenvalue weighted by Gasteiger charge is -2.18. The zero-order chi connectivity index (χ0) is 18.8. The maximum Gasteiger partial charge on any atom is 0.251 e. The van der Waals surface area contributed by atoms with Crippen LogP contribution in [0.3, 0.4) is 0 Å². The lowest BCUT2D eigenvalue weighted by atomic mass is 10.1. The van der Waals surface area contributed by atoms with Crippen molar-refractivity contribution in [1.29, 1.82) is 0 Å². The van der Waals surface area contributed by atoms with Gasteiger partial charge in [0.05, 0.1) is 13.2 Å². The maximum absolute atomic E-state index is 12.8. The molecule has 7 heteroatoms. The summed E-state index contributed by atoms with van der Waals surface area (Å²) in [7, 11) is 3.51. The van der Waals surface area contributed by atoms with Crippen molar-refractivity contribution in [3.05, 3.63) is 60.4 Å². The summed E-state index contributed by atoms with van der Waals surface area (Å²) in [5.41, 5.74) is 2.09. The summed E-state index contributed by atoms with van der Waals surface area (Å²) in [6.07, 6.45) is 9.09. The Morgan fingerprint density at radius 3 is 2.52 bits per heavy atom. The number of benzene rings is 1. The number of imidazole rings is 1. The molecule has 0 spiro atoms. The zero-order valence-electron chi connectivity index (χ0n) is 15.3. The van der Waals surface area contributed by atoms with Gasteiger partial charge >= 0.3 is 0 Å². The molecule has 4 rings (SSSR count). The van der Waals surface area contributed by atoms with Crippen molar-refractivity contribution in [1.82, 2.24) is 24.8 Å². The standard InChI is InChI=1S/C20H21N5O2/c1-25-12-11-22-18(25)16(13-3-4-13)24-19(26)15-7-5-14(6-8-15)17-20(27-2)23-10-9-21-17/h5-13,16H,3-4H2,1-2H3,(H,24,26)/t16-/m0/s1. The molecule has 27 heavy (non-hydrogen) atoms. The Kier molecular flexibility index (Phi) is 4.58. The van der Waals surface area contributed by atoms with Crippen LogP contribution in [0.5, 0.6) is 5.88 Å². The smallest absolute Gasteiger partial charge is 0.251 e. The van der Waals surface area contributed by atoms with Gasteiger partial charge in [0.15, 0.2) is 0 Å². The fraction of sp³-hybridized carbons (Fsp3) is 0.300. The molecule has 1 saturated carbocycles. The van der Waals surface area contributed by atoms with Gasteiger partial charge in [0.1, 0.15) is 11.5 Å². The molecule has 1 atom stereocenters. The molecule has 3 aromatic rings. The third-order valence-corrected chi connectivity index (χ3v) is 4.80. The Labute approximate surface area is 157 Å². The van der Waals surface area contributed by atoms with Gasteiger partial charge in [0.25, 0.3) is 5.91 Å². The van der Waals surface area contributed by atoms with Crippen LogP contribution in [0.1, 0.15) is 35.1 Å². The van der Waals surface area contributed by atoms with Crippen LogP contribution in [0.2, 0.25) is 0 Å². The Balaban J connectivity index is 1.53. The first-order chi connectivity index (χ1) is 13.2. The van der Waals surface area contributed by atoms with Gasteiger partial charge in [0.2, 0.25) is 5.88 Å². The van der Waals surface area contributed by atoms with Crippen LogP contribution >= 0.6 is 0 Å². The van der Waals surface area contributed by atoms with Gasteiger partial charge in [-0.15, -0.1) is 0 Å². The second kappa shape index (κ2) is 7.19. The summed E-state index contributed by atoms with van der Waals surface area (Å²) < 4.78 is 7.22. The monoisotopic (exact) mass is 363 g/mol. The third kappa shape index (κ3) is 3.53. The molecule has 2 heterocycles. The minimum Gasteiger partial charge on any atom is -0.479 e. The maximum atomic E-state index is 12.8. The Morgan fingerprint density at radius 2 is 1.89 bits per heavy atom. The molecule has 0 unspecified atom stereocenters. The van der Waals surface area contributed by atoms with Gasteiger partial charge in [-0.3, -0.25) is 4.79 Å². The highest BCUT2D eigenvalue weighted by atomic mass is 16.5. The molecule has 0 bridgehead atoms. The van der Waals surface area contributed by atoms with E-state index in [1.54, 1.807) is 37.8 Å². The number of carbonyl (C=O) groups is 1. The van der Waals surface area contributed by atoms with E-state index in [2.05, 4.69) is 20.3 Å². The van der Waals surface area contributed by atoms with Crippen molar-refractivity contribution < 1.29 is 9.53 Å². The first kappa shape index (κ1) is 17.2. The molecule has 2 aromatic heterocycles. The number of hydrogen-bond acceptors (Lipinski definition) is 5. The number of amides is 1. The van der Waals surface area contributed by atoms with Gasteiger partial charge in [-0.2, -0.15) is 0 Å². The predicted octanol–water partition coefficient (Wildman–Crippen LogP) is 2.77. The van der Waals surface area contributed by atoms with Crippen molar-refractivity contribution in [3.8, 4) is 17.1 Å². The molecule has 138 valence electrons. The van der Waals surface area contributed by atoms with E-state index in [0.717, 1.165) is 24.2 Å². The molecule has 0 aliphatic heterocycles. The summed E-state index contributed by atoms with van der Waals surface area (Å²) in [6.45, 7) is 0. The van der Waals surface area contributed by atoms with E-state index in [1.807, 2.05) is 29.9 Å². The topological polar surface area (TPSA) is 81.9 Å². The van der Waals surface area contributed by atoms with Gasteiger partial charge in [-0.05, 0) is 30.9 Å². The third-order valence-electron chi connectivity index (χ3n) is 4.80. The number of hydrogen-bond donors (Lipinski definition) is 1. The summed E-state index contributed by atoms with van der Waals surface area (Å²) in [5.74, 6) is 1.70. The summed E-state index contributed by atoms with van der Waals surface area (Å²) >= 11 is 0. The Bertz CT molecular complexity index is 947. The average molecular weight is 363 g/mol. The average Bonchev–Trinajstić information content (AvgIpc) is 3.47. The number of methoxy groups -OCH3 is 1. The Morgan fingerprint density at radius 1 is 1.15 bits per heavy atom. The van der Waals surface area contributed by atoms with Crippen molar-refractivity contribution >= 4 is 5.91 Å². The van der Waals surface area contributed by atoms with Crippen molar-refractivity contribution in [2.24, 2.45) is 13.0 Å². The normalized spacial score (nSPS) is 14.6. The van der Waals surface area contributed by atoms with Gasteiger partial charge in [-0.25, -0.2) is 15.0 Å². The predicted molar refractivity (Wildman–Crippen MR) is 100 cm³/mol. The molecule has 0 saturated heterocycles. The molecule has 1 N–H and O–H groups in total. The summed E-state index contributed by atoms with van der Waals surface area (Å²) in [5, 5.41) is 3.15. The first-order valence-electron chi connectivity index (χ1n) is 8.91. The second-order valence-corrected chi connectivity index (χ2v) is 6.68. The molecular weight excluding hydrogens is 342 g/mol. The van der Waals surface area contributed by atoms with Crippen LogP contribution in [-0.4, -0.2) is 32.5 Å². The molecule has 7 nitrogen and oxygen atoms in total. The molecule has 1 fully saturated rings. The number of carbonyl (C=O) groups excluding carboxylic acids is 1. The number of nitrogens with one attached hydrogen (secondary N) is 1. The van der Waals surface area contributed by atoms with E-state index in [9.17, 15) is 4.79 Å². The minimum atomic E-state index is -0.104. The number of nitrogens with zero attached hydrogens (tertiary/aromatic N) is 4. The van der Waals surface area contributed by atoms with Crippen molar-refractivity contribution in [2.75, 3.05) is 7.11 Å². The second-order valence-electron chi connectivity index (χ2n) is 6.68. The van der Waals surface area contributed by atoms with Crippen molar-refractivity contribution in [2.45, 2.75) is 18.9 Å². The van der Waals surface area contributed by atoms with Gasteiger partial charge in [-0.1, -0.05) is 12.1 Å². The molecule has 1 aliphatic carbocycles. The minimum absolute atomic E-state index is 0.0581. The number of rotatable bonds is 6. The van der Waals surface area contributed by atoms with Crippen LogP contribution < -0.4 is 10.1 Å². The number of aryl methyl sites for hydroxylation is 1. The molecule has 1 aliphatic rings. The lowest BCUT2D eigenvalue weighted by molar-refractivity contribution is 0.0929. The quantitative estimate of drug-likeness (QED) is 0.728. The fourth-order valence-electron chi connectivity index (χ4n) is 3.18. The molecule has 1 aromatic carbocycles. The van der Waals surface area contributed by atoms with E-state index in [1.165, 1.54) is 0 Å². The summed E-state index contributed by atoms with van der Waals surface area (Å²) in [6, 6.07) is 7.24. The lowest BCUT2D eigenvalue weighted by Crippen LogP contribution is -2.31. The van der Waals surface area contributed by atoms with E-state index in [-0.39, 0.29) is 11.9 Å². The van der Waals surface area contributed by atoms with Crippen LogP contribution in [0.25, 0.3) is 11.3 Å². The molecular formula is C20H21N5O2. The van der Waals surface area contributed by atoms with Gasteiger partial charge < -0.3 is 14.6 Å². The van der Waals surface area contributed by atoms with E-state index < -0.39 is 0 Å². The molecule has 0 radical (unpaired) electrons.